The van der Waals surface area contributed by atoms with Gasteiger partial charge in [-0.1, -0.05) is 6.07 Å². The first-order valence-electron chi connectivity index (χ1n) is 9.49. The van der Waals surface area contributed by atoms with E-state index in [2.05, 4.69) is 31.0 Å². The molecule has 152 valence electrons. The molecular weight excluding hydrogens is 375 g/mol. The molecule has 2 aromatic heterocycles. The summed E-state index contributed by atoms with van der Waals surface area (Å²) < 4.78 is 16.0. The molecule has 0 bridgehead atoms. The molecule has 0 aliphatic carbocycles. The summed E-state index contributed by atoms with van der Waals surface area (Å²) >= 11 is 0. The number of amides is 2. The van der Waals surface area contributed by atoms with Gasteiger partial charge in [0.15, 0.2) is 0 Å². The van der Waals surface area contributed by atoms with Crippen molar-refractivity contribution in [1.82, 2.24) is 30.2 Å². The van der Waals surface area contributed by atoms with Crippen LogP contribution in [0.15, 0.2) is 24.3 Å². The quantitative estimate of drug-likeness (QED) is 0.618. The van der Waals surface area contributed by atoms with Crippen molar-refractivity contribution in [3.05, 3.63) is 47.0 Å². The van der Waals surface area contributed by atoms with Crippen LogP contribution in [0.5, 0.6) is 0 Å². The third-order valence-corrected chi connectivity index (χ3v) is 4.77. The maximum absolute atomic E-state index is 14.5. The van der Waals surface area contributed by atoms with Gasteiger partial charge in [-0.25, -0.2) is 14.2 Å². The Morgan fingerprint density at radius 1 is 1.21 bits per heavy atom. The zero-order valence-corrected chi connectivity index (χ0v) is 16.4. The zero-order chi connectivity index (χ0) is 20.4. The lowest BCUT2D eigenvalue weighted by molar-refractivity contribution is 0.251. The summed E-state index contributed by atoms with van der Waals surface area (Å²) in [6.45, 7) is 7.18. The molecule has 10 heteroatoms. The molecule has 2 amide bonds. The number of nitrogens with one attached hydrogen (secondary N) is 3. The van der Waals surface area contributed by atoms with Gasteiger partial charge < -0.3 is 15.5 Å². The van der Waals surface area contributed by atoms with Crippen molar-refractivity contribution in [3.63, 3.8) is 0 Å². The molecule has 1 saturated heterocycles. The van der Waals surface area contributed by atoms with Crippen LogP contribution in [0.1, 0.15) is 17.0 Å². The summed E-state index contributed by atoms with van der Waals surface area (Å²) in [7, 11) is 0. The van der Waals surface area contributed by atoms with Crippen LogP contribution in [0.3, 0.4) is 0 Å². The van der Waals surface area contributed by atoms with E-state index in [0.717, 1.165) is 37.6 Å². The number of nitrogens with zero attached hydrogens (tertiary/aromatic N) is 5. The molecule has 0 spiro atoms. The molecule has 29 heavy (non-hydrogen) atoms. The van der Waals surface area contributed by atoms with Crippen molar-refractivity contribution in [2.24, 2.45) is 0 Å². The topological polar surface area (TPSA) is 99.5 Å². The van der Waals surface area contributed by atoms with Gasteiger partial charge in [-0.2, -0.15) is 9.50 Å². The van der Waals surface area contributed by atoms with Gasteiger partial charge in [0, 0.05) is 44.1 Å². The second kappa shape index (κ2) is 8.00. The van der Waals surface area contributed by atoms with Crippen LogP contribution in [0.25, 0.3) is 5.78 Å². The molecular formula is C19H23FN8O. The summed E-state index contributed by atoms with van der Waals surface area (Å²) in [5.74, 6) is 0.290. The van der Waals surface area contributed by atoms with Gasteiger partial charge in [-0.15, -0.1) is 5.10 Å². The summed E-state index contributed by atoms with van der Waals surface area (Å²) in [6, 6.07) is 6.44. The minimum absolute atomic E-state index is 0.156. The fourth-order valence-corrected chi connectivity index (χ4v) is 3.37. The fourth-order valence-electron chi connectivity index (χ4n) is 3.37. The highest BCUT2D eigenvalue weighted by Gasteiger charge is 2.15. The number of anilines is 2. The Morgan fingerprint density at radius 2 is 2.00 bits per heavy atom. The van der Waals surface area contributed by atoms with Crippen molar-refractivity contribution < 1.29 is 9.18 Å². The standard InChI is InChI=1S/C19H23FN8O/c1-12-9-13(2)28-18(23-12)24-17(26-28)25-19(29)22-11-14-3-4-16(15(20)10-14)27-7-5-21-6-8-27/h3-4,9-10,21H,5-8,11H2,1-2H3,(H2,22,25,26,29). The smallest absolute Gasteiger partial charge is 0.321 e. The molecule has 4 rings (SSSR count). The highest BCUT2D eigenvalue weighted by Crippen LogP contribution is 2.21. The molecule has 3 N–H and O–H groups in total. The van der Waals surface area contributed by atoms with E-state index in [1.165, 1.54) is 6.07 Å². The Morgan fingerprint density at radius 3 is 2.76 bits per heavy atom. The number of aryl methyl sites for hydroxylation is 2. The van der Waals surface area contributed by atoms with E-state index in [4.69, 9.17) is 0 Å². The van der Waals surface area contributed by atoms with Gasteiger partial charge in [0.05, 0.1) is 5.69 Å². The van der Waals surface area contributed by atoms with Gasteiger partial charge >= 0.3 is 6.03 Å². The monoisotopic (exact) mass is 398 g/mol. The molecule has 1 aliphatic heterocycles. The third-order valence-electron chi connectivity index (χ3n) is 4.77. The molecule has 1 aromatic carbocycles. The first-order valence-corrected chi connectivity index (χ1v) is 9.49. The molecule has 0 radical (unpaired) electrons. The minimum atomic E-state index is -0.470. The van der Waals surface area contributed by atoms with E-state index >= 15 is 0 Å². The lowest BCUT2D eigenvalue weighted by Crippen LogP contribution is -2.43. The van der Waals surface area contributed by atoms with Crippen LogP contribution in [0, 0.1) is 19.7 Å². The average Bonchev–Trinajstić information content (AvgIpc) is 3.09. The summed E-state index contributed by atoms with van der Waals surface area (Å²) in [6.07, 6.45) is 0. The van der Waals surface area contributed by atoms with Crippen LogP contribution in [0.4, 0.5) is 20.8 Å². The molecule has 3 heterocycles. The number of carbonyl (C=O) groups is 1. The second-order valence-electron chi connectivity index (χ2n) is 7.02. The predicted molar refractivity (Wildman–Crippen MR) is 108 cm³/mol. The van der Waals surface area contributed by atoms with E-state index in [0.29, 0.717) is 17.0 Å². The second-order valence-corrected chi connectivity index (χ2v) is 7.02. The minimum Gasteiger partial charge on any atom is -0.367 e. The fraction of sp³-hybridized carbons (Fsp3) is 0.368. The SMILES string of the molecule is Cc1cc(C)n2nc(NC(=O)NCc3ccc(N4CCNCC4)c(F)c3)nc2n1. The van der Waals surface area contributed by atoms with Gasteiger partial charge in [0.2, 0.25) is 0 Å². The van der Waals surface area contributed by atoms with Crippen molar-refractivity contribution in [1.29, 1.82) is 0 Å². The van der Waals surface area contributed by atoms with Crippen LogP contribution >= 0.6 is 0 Å². The molecule has 3 aromatic rings. The van der Waals surface area contributed by atoms with Gasteiger partial charge in [0.1, 0.15) is 5.82 Å². The Balaban J connectivity index is 1.37. The van der Waals surface area contributed by atoms with E-state index in [1.807, 2.05) is 30.9 Å². The Hall–Kier alpha value is -3.27. The number of carbonyl (C=O) groups excluding carboxylic acids is 1. The van der Waals surface area contributed by atoms with Gasteiger partial charge in [0.25, 0.3) is 11.7 Å². The molecule has 1 aliphatic rings. The number of piperazine rings is 1. The Kier molecular flexibility index (Phi) is 5.26. The first kappa shape index (κ1) is 19.1. The Labute approximate surface area is 167 Å². The largest absolute Gasteiger partial charge is 0.367 e. The van der Waals surface area contributed by atoms with Crippen molar-refractivity contribution in [2.45, 2.75) is 20.4 Å². The van der Waals surface area contributed by atoms with Gasteiger partial charge in [-0.05, 0) is 37.6 Å². The number of hydrogen-bond donors (Lipinski definition) is 3. The summed E-state index contributed by atoms with van der Waals surface area (Å²) in [5, 5.41) is 12.8. The number of urea groups is 1. The molecule has 9 nitrogen and oxygen atoms in total. The number of hydrogen-bond acceptors (Lipinski definition) is 6. The van der Waals surface area contributed by atoms with Crippen LogP contribution in [-0.4, -0.2) is 51.8 Å². The number of aromatic nitrogens is 4. The lowest BCUT2D eigenvalue weighted by atomic mass is 10.1. The number of rotatable bonds is 4. The number of benzene rings is 1. The molecule has 0 saturated carbocycles. The van der Waals surface area contributed by atoms with E-state index in [-0.39, 0.29) is 18.3 Å². The van der Waals surface area contributed by atoms with E-state index < -0.39 is 6.03 Å². The summed E-state index contributed by atoms with van der Waals surface area (Å²) in [4.78, 5) is 22.7. The van der Waals surface area contributed by atoms with Gasteiger partial charge in [-0.3, -0.25) is 5.32 Å². The zero-order valence-electron chi connectivity index (χ0n) is 16.4. The van der Waals surface area contributed by atoms with Crippen LogP contribution in [-0.2, 0) is 6.54 Å². The molecule has 0 atom stereocenters. The predicted octanol–water partition coefficient (Wildman–Crippen LogP) is 1.61. The number of halogens is 1. The summed E-state index contributed by atoms with van der Waals surface area (Å²) in [5.41, 5.74) is 2.96. The maximum Gasteiger partial charge on any atom is 0.321 e. The molecule has 1 fully saturated rings. The van der Waals surface area contributed by atoms with Crippen LogP contribution < -0.4 is 20.9 Å². The van der Waals surface area contributed by atoms with E-state index in [9.17, 15) is 9.18 Å². The van der Waals surface area contributed by atoms with Crippen molar-refractivity contribution in [2.75, 3.05) is 36.4 Å². The number of fused-ring (bicyclic) bond motifs is 1. The van der Waals surface area contributed by atoms with Crippen LogP contribution in [0.2, 0.25) is 0 Å². The van der Waals surface area contributed by atoms with Crippen molar-refractivity contribution >= 4 is 23.4 Å². The normalized spacial score (nSPS) is 14.2. The lowest BCUT2D eigenvalue weighted by Gasteiger charge is -2.29. The highest BCUT2D eigenvalue weighted by molar-refractivity contribution is 5.87. The van der Waals surface area contributed by atoms with E-state index in [1.54, 1.807) is 10.6 Å². The third kappa shape index (κ3) is 4.27. The average molecular weight is 398 g/mol. The molecule has 0 unspecified atom stereocenters. The Bertz CT molecular complexity index is 1040. The maximum atomic E-state index is 14.5. The first-order chi connectivity index (χ1) is 14.0. The highest BCUT2D eigenvalue weighted by atomic mass is 19.1. The van der Waals surface area contributed by atoms with Crippen molar-refractivity contribution in [3.8, 4) is 0 Å².